The van der Waals surface area contributed by atoms with E-state index in [9.17, 15) is 4.79 Å². The number of carbonyl (C=O) groups is 1. The number of rotatable bonds is 3. The first kappa shape index (κ1) is 12.1. The maximum atomic E-state index is 12.0. The van der Waals surface area contributed by atoms with Crippen LogP contribution in [-0.4, -0.2) is 24.7 Å². The van der Waals surface area contributed by atoms with Crippen LogP contribution in [-0.2, 0) is 28.9 Å². The molecular formula is C13H18N2O2S. The van der Waals surface area contributed by atoms with Gasteiger partial charge in [0.05, 0.1) is 13.2 Å². The molecule has 0 bridgehead atoms. The molecule has 1 aromatic heterocycles. The van der Waals surface area contributed by atoms with Crippen LogP contribution in [0.5, 0.6) is 0 Å². The van der Waals surface area contributed by atoms with Crippen molar-refractivity contribution < 1.29 is 9.53 Å². The van der Waals surface area contributed by atoms with Crippen molar-refractivity contribution in [1.82, 2.24) is 5.32 Å². The summed E-state index contributed by atoms with van der Waals surface area (Å²) in [4.78, 5) is 14.7. The van der Waals surface area contributed by atoms with Gasteiger partial charge in [0.1, 0.15) is 5.54 Å². The van der Waals surface area contributed by atoms with Crippen LogP contribution in [0.25, 0.3) is 0 Å². The molecule has 2 heterocycles. The zero-order chi connectivity index (χ0) is 12.6. The Bertz CT molecular complexity index is 442. The summed E-state index contributed by atoms with van der Waals surface area (Å²) in [7, 11) is 0. The van der Waals surface area contributed by atoms with E-state index in [2.05, 4.69) is 11.4 Å². The first-order valence-electron chi connectivity index (χ1n) is 6.43. The summed E-state index contributed by atoms with van der Waals surface area (Å²) >= 11 is 1.82. The number of hydrogen-bond acceptors (Lipinski definition) is 4. The SMILES string of the molecule is NC1(C(=O)NCc2cc3c(s2)CCC3)CCOC1. The Morgan fingerprint density at radius 1 is 1.56 bits per heavy atom. The van der Waals surface area contributed by atoms with Crippen molar-refractivity contribution in [3.8, 4) is 0 Å². The molecule has 0 aromatic carbocycles. The summed E-state index contributed by atoms with van der Waals surface area (Å²) in [5.74, 6) is -0.0893. The van der Waals surface area contributed by atoms with E-state index in [-0.39, 0.29) is 5.91 Å². The smallest absolute Gasteiger partial charge is 0.242 e. The Labute approximate surface area is 111 Å². The third kappa shape index (κ3) is 2.18. The number of ether oxygens (including phenoxy) is 1. The van der Waals surface area contributed by atoms with Crippen LogP contribution in [0.1, 0.15) is 28.2 Å². The van der Waals surface area contributed by atoms with Gasteiger partial charge in [-0.05, 0) is 37.3 Å². The molecule has 1 aliphatic heterocycles. The standard InChI is InChI=1S/C13H18N2O2S/c14-13(4-5-17-8-13)12(16)15-7-10-6-9-2-1-3-11(9)18-10/h6H,1-5,7-8,14H2,(H,15,16). The Morgan fingerprint density at radius 2 is 2.44 bits per heavy atom. The first-order valence-corrected chi connectivity index (χ1v) is 7.24. The van der Waals surface area contributed by atoms with Crippen LogP contribution in [0.15, 0.2) is 6.07 Å². The molecule has 2 aliphatic rings. The van der Waals surface area contributed by atoms with E-state index < -0.39 is 5.54 Å². The number of nitrogens with two attached hydrogens (primary N) is 1. The van der Waals surface area contributed by atoms with Crippen LogP contribution in [0.2, 0.25) is 0 Å². The van der Waals surface area contributed by atoms with Crippen molar-refractivity contribution in [3.05, 3.63) is 21.4 Å². The highest BCUT2D eigenvalue weighted by Crippen LogP contribution is 2.30. The lowest BCUT2D eigenvalue weighted by Crippen LogP contribution is -2.54. The third-order valence-electron chi connectivity index (χ3n) is 3.73. The van der Waals surface area contributed by atoms with E-state index in [1.165, 1.54) is 34.6 Å². The molecule has 4 nitrogen and oxygen atoms in total. The highest BCUT2D eigenvalue weighted by molar-refractivity contribution is 7.12. The molecule has 98 valence electrons. The van der Waals surface area contributed by atoms with Gasteiger partial charge in [0, 0.05) is 16.4 Å². The largest absolute Gasteiger partial charge is 0.379 e. The van der Waals surface area contributed by atoms with Gasteiger partial charge in [-0.25, -0.2) is 0 Å². The van der Waals surface area contributed by atoms with Crippen LogP contribution < -0.4 is 11.1 Å². The van der Waals surface area contributed by atoms with Crippen LogP contribution in [0.4, 0.5) is 0 Å². The Balaban J connectivity index is 1.59. The van der Waals surface area contributed by atoms with Crippen molar-refractivity contribution in [2.75, 3.05) is 13.2 Å². The zero-order valence-electron chi connectivity index (χ0n) is 10.3. The van der Waals surface area contributed by atoms with Gasteiger partial charge in [0.25, 0.3) is 0 Å². The normalized spacial score (nSPS) is 26.3. The number of amides is 1. The van der Waals surface area contributed by atoms with Gasteiger partial charge < -0.3 is 15.8 Å². The van der Waals surface area contributed by atoms with Crippen molar-refractivity contribution in [3.63, 3.8) is 0 Å². The van der Waals surface area contributed by atoms with E-state index in [0.717, 1.165) is 0 Å². The molecule has 1 fully saturated rings. The summed E-state index contributed by atoms with van der Waals surface area (Å²) in [5.41, 5.74) is 6.65. The summed E-state index contributed by atoms with van der Waals surface area (Å²) in [5, 5.41) is 2.94. The second-order valence-electron chi connectivity index (χ2n) is 5.16. The van der Waals surface area contributed by atoms with Crippen molar-refractivity contribution in [2.45, 2.75) is 37.8 Å². The van der Waals surface area contributed by atoms with E-state index in [4.69, 9.17) is 10.5 Å². The Morgan fingerprint density at radius 3 is 3.17 bits per heavy atom. The summed E-state index contributed by atoms with van der Waals surface area (Å²) in [6.07, 6.45) is 4.27. The molecular weight excluding hydrogens is 248 g/mol. The highest BCUT2D eigenvalue weighted by atomic mass is 32.1. The fourth-order valence-electron chi connectivity index (χ4n) is 2.58. The lowest BCUT2D eigenvalue weighted by Gasteiger charge is -2.20. The second-order valence-corrected chi connectivity index (χ2v) is 6.38. The van der Waals surface area contributed by atoms with Gasteiger partial charge in [-0.2, -0.15) is 0 Å². The van der Waals surface area contributed by atoms with Gasteiger partial charge >= 0.3 is 0 Å². The average molecular weight is 266 g/mol. The van der Waals surface area contributed by atoms with Gasteiger partial charge in [0.2, 0.25) is 5.91 Å². The van der Waals surface area contributed by atoms with Crippen molar-refractivity contribution >= 4 is 17.2 Å². The quantitative estimate of drug-likeness (QED) is 0.857. The predicted molar refractivity (Wildman–Crippen MR) is 70.5 cm³/mol. The molecule has 0 spiro atoms. The molecule has 5 heteroatoms. The lowest BCUT2D eigenvalue weighted by atomic mass is 9.99. The number of aryl methyl sites for hydroxylation is 2. The predicted octanol–water partition coefficient (Wildman–Crippen LogP) is 0.971. The van der Waals surface area contributed by atoms with E-state index in [1.807, 2.05) is 11.3 Å². The Hall–Kier alpha value is -0.910. The minimum Gasteiger partial charge on any atom is -0.379 e. The summed E-state index contributed by atoms with van der Waals surface area (Å²) in [6.45, 7) is 1.51. The van der Waals surface area contributed by atoms with Gasteiger partial charge in [-0.15, -0.1) is 11.3 Å². The number of nitrogens with one attached hydrogen (secondary N) is 1. The number of carbonyl (C=O) groups excluding carboxylic acids is 1. The Kier molecular flexibility index (Phi) is 3.13. The third-order valence-corrected chi connectivity index (χ3v) is 4.96. The molecule has 0 saturated carbocycles. The molecule has 1 unspecified atom stereocenters. The monoisotopic (exact) mass is 266 g/mol. The number of thiophene rings is 1. The van der Waals surface area contributed by atoms with E-state index in [0.29, 0.717) is 26.2 Å². The number of fused-ring (bicyclic) bond motifs is 1. The maximum absolute atomic E-state index is 12.0. The van der Waals surface area contributed by atoms with E-state index in [1.54, 1.807) is 0 Å². The van der Waals surface area contributed by atoms with Gasteiger partial charge in [-0.1, -0.05) is 0 Å². The van der Waals surface area contributed by atoms with Crippen molar-refractivity contribution in [1.29, 1.82) is 0 Å². The minimum atomic E-state index is -0.819. The van der Waals surface area contributed by atoms with Gasteiger partial charge in [-0.3, -0.25) is 4.79 Å². The van der Waals surface area contributed by atoms with Crippen LogP contribution in [0, 0.1) is 0 Å². The minimum absolute atomic E-state index is 0.0893. The zero-order valence-corrected chi connectivity index (χ0v) is 11.1. The topological polar surface area (TPSA) is 64.4 Å². The molecule has 18 heavy (non-hydrogen) atoms. The fraction of sp³-hybridized carbons (Fsp3) is 0.615. The van der Waals surface area contributed by atoms with Crippen LogP contribution >= 0.6 is 11.3 Å². The lowest BCUT2D eigenvalue weighted by molar-refractivity contribution is -0.126. The van der Waals surface area contributed by atoms with Crippen LogP contribution in [0.3, 0.4) is 0 Å². The fourth-order valence-corrected chi connectivity index (χ4v) is 3.78. The van der Waals surface area contributed by atoms with Crippen molar-refractivity contribution in [2.24, 2.45) is 5.73 Å². The second kappa shape index (κ2) is 4.64. The molecule has 3 N–H and O–H groups in total. The molecule has 1 amide bonds. The highest BCUT2D eigenvalue weighted by Gasteiger charge is 2.38. The molecule has 1 saturated heterocycles. The van der Waals surface area contributed by atoms with Gasteiger partial charge in [0.15, 0.2) is 0 Å². The molecule has 1 atom stereocenters. The van der Waals surface area contributed by atoms with E-state index >= 15 is 0 Å². The molecule has 1 aromatic rings. The molecule has 0 radical (unpaired) electrons. The average Bonchev–Trinajstić information content (AvgIpc) is 3.01. The summed E-state index contributed by atoms with van der Waals surface area (Å²) < 4.78 is 5.20. The molecule has 3 rings (SSSR count). The molecule has 1 aliphatic carbocycles. The summed E-state index contributed by atoms with van der Waals surface area (Å²) in [6, 6.07) is 2.22. The number of hydrogen-bond donors (Lipinski definition) is 2. The maximum Gasteiger partial charge on any atom is 0.242 e. The first-order chi connectivity index (χ1) is 8.67.